The molecule has 0 aliphatic rings. The van der Waals surface area contributed by atoms with Gasteiger partial charge in [-0.2, -0.15) is 0 Å². The van der Waals surface area contributed by atoms with Crippen LogP contribution in [0.15, 0.2) is 73.3 Å². The third kappa shape index (κ3) is 4.69. The average Bonchev–Trinajstić information content (AvgIpc) is 2.67. The van der Waals surface area contributed by atoms with Crippen LogP contribution in [0.25, 0.3) is 16.9 Å². The van der Waals surface area contributed by atoms with E-state index in [1.54, 1.807) is 0 Å². The highest BCUT2D eigenvalue weighted by Gasteiger charge is 2.11. The van der Waals surface area contributed by atoms with E-state index in [0.29, 0.717) is 23.7 Å². The number of aliphatic hydroxyl groups is 1. The molecule has 0 aliphatic carbocycles. The van der Waals surface area contributed by atoms with Crippen LogP contribution in [0.1, 0.15) is 18.9 Å². The molecule has 0 heterocycles. The lowest BCUT2D eigenvalue weighted by Crippen LogP contribution is -2.04. The van der Waals surface area contributed by atoms with Crippen molar-refractivity contribution in [3.05, 3.63) is 78.9 Å². The topological polar surface area (TPSA) is 38.7 Å². The zero-order chi connectivity index (χ0) is 19.2. The van der Waals surface area contributed by atoms with Crippen LogP contribution in [-0.2, 0) is 0 Å². The molecule has 0 saturated carbocycles. The number of rotatable bonds is 7. The van der Waals surface area contributed by atoms with Crippen molar-refractivity contribution in [2.24, 2.45) is 0 Å². The Balaban J connectivity index is 1.95. The van der Waals surface area contributed by atoms with Gasteiger partial charge in [0.15, 0.2) is 0 Å². The molecule has 1 unspecified atom stereocenters. The number of hydrogen-bond acceptors (Lipinski definition) is 3. The van der Waals surface area contributed by atoms with Gasteiger partial charge < -0.3 is 14.6 Å². The molecule has 0 aliphatic heterocycles. The molecule has 4 heteroatoms. The lowest BCUT2D eigenvalue weighted by atomic mass is 10.0. The second-order valence-electron chi connectivity index (χ2n) is 6.17. The summed E-state index contributed by atoms with van der Waals surface area (Å²) in [6, 6.07) is 21.2. The standard InChI is InChI=1S/C23H23O3P/c1-3-13-25-21-12-10-18(15-23(21)27)17-9-11-20(16(2)24)22(14-17)26-19-7-5-4-6-8-19/h4-12,14-15,24H,2-3,13,27H2,1H3. The maximum atomic E-state index is 9.91. The van der Waals surface area contributed by atoms with Crippen LogP contribution in [0.3, 0.4) is 0 Å². The predicted molar refractivity (Wildman–Crippen MR) is 115 cm³/mol. The first-order valence-corrected chi connectivity index (χ1v) is 9.44. The van der Waals surface area contributed by atoms with Gasteiger partial charge in [-0.25, -0.2) is 0 Å². The summed E-state index contributed by atoms with van der Waals surface area (Å²) in [7, 11) is 2.72. The highest BCUT2D eigenvalue weighted by Crippen LogP contribution is 2.34. The largest absolute Gasteiger partial charge is 0.508 e. The summed E-state index contributed by atoms with van der Waals surface area (Å²) < 4.78 is 11.7. The highest BCUT2D eigenvalue weighted by atomic mass is 31.0. The van der Waals surface area contributed by atoms with E-state index in [9.17, 15) is 5.11 Å². The van der Waals surface area contributed by atoms with Gasteiger partial charge in [0, 0.05) is 5.30 Å². The Labute approximate surface area is 162 Å². The van der Waals surface area contributed by atoms with Crippen LogP contribution in [0.5, 0.6) is 17.2 Å². The predicted octanol–water partition coefficient (Wildman–Crippen LogP) is 5.96. The summed E-state index contributed by atoms with van der Waals surface area (Å²) >= 11 is 0. The molecule has 0 bridgehead atoms. The molecule has 138 valence electrons. The van der Waals surface area contributed by atoms with E-state index in [2.05, 4.69) is 28.8 Å². The summed E-state index contributed by atoms with van der Waals surface area (Å²) in [5.74, 6) is 2.10. The van der Waals surface area contributed by atoms with E-state index >= 15 is 0 Å². The highest BCUT2D eigenvalue weighted by molar-refractivity contribution is 7.27. The molecule has 0 saturated heterocycles. The molecule has 0 radical (unpaired) electrons. The number of benzene rings is 3. The lowest BCUT2D eigenvalue weighted by Gasteiger charge is -2.14. The minimum Gasteiger partial charge on any atom is -0.508 e. The Bertz CT molecular complexity index is 936. The van der Waals surface area contributed by atoms with E-state index in [1.165, 1.54) is 0 Å². The molecular formula is C23H23O3P. The Kier molecular flexibility index (Phi) is 6.16. The minimum atomic E-state index is -0.0254. The maximum Gasteiger partial charge on any atom is 0.138 e. The molecule has 1 atom stereocenters. The van der Waals surface area contributed by atoms with Crippen LogP contribution < -0.4 is 14.8 Å². The molecule has 27 heavy (non-hydrogen) atoms. The summed E-state index contributed by atoms with van der Waals surface area (Å²) in [6.07, 6.45) is 0.971. The number of ether oxygens (including phenoxy) is 2. The fourth-order valence-corrected chi connectivity index (χ4v) is 3.07. The van der Waals surface area contributed by atoms with Crippen molar-refractivity contribution in [1.82, 2.24) is 0 Å². The van der Waals surface area contributed by atoms with Crippen molar-refractivity contribution in [2.75, 3.05) is 6.61 Å². The smallest absolute Gasteiger partial charge is 0.138 e. The van der Waals surface area contributed by atoms with Crippen LogP contribution in [0, 0.1) is 0 Å². The summed E-state index contributed by atoms with van der Waals surface area (Å²) in [6.45, 7) is 6.42. The zero-order valence-corrected chi connectivity index (χ0v) is 16.5. The van der Waals surface area contributed by atoms with Crippen molar-refractivity contribution >= 4 is 20.3 Å². The zero-order valence-electron chi connectivity index (χ0n) is 15.3. The summed E-state index contributed by atoms with van der Waals surface area (Å²) in [4.78, 5) is 0. The van der Waals surface area contributed by atoms with Crippen molar-refractivity contribution in [3.63, 3.8) is 0 Å². The van der Waals surface area contributed by atoms with Gasteiger partial charge in [0.25, 0.3) is 0 Å². The Hall–Kier alpha value is -2.77. The second-order valence-corrected chi connectivity index (χ2v) is 6.80. The van der Waals surface area contributed by atoms with Gasteiger partial charge in [-0.05, 0) is 53.9 Å². The first-order chi connectivity index (χ1) is 13.1. The average molecular weight is 378 g/mol. The quantitative estimate of drug-likeness (QED) is 0.407. The summed E-state index contributed by atoms with van der Waals surface area (Å²) in [5.41, 5.74) is 2.59. The molecule has 3 aromatic rings. The third-order valence-electron chi connectivity index (χ3n) is 4.07. The van der Waals surface area contributed by atoms with Gasteiger partial charge in [-0.15, -0.1) is 9.24 Å². The number of para-hydroxylation sites is 1. The lowest BCUT2D eigenvalue weighted by molar-refractivity contribution is 0.320. The summed E-state index contributed by atoms with van der Waals surface area (Å²) in [5, 5.41) is 10.9. The van der Waals surface area contributed by atoms with E-state index in [4.69, 9.17) is 9.47 Å². The number of aliphatic hydroxyl groups excluding tert-OH is 1. The van der Waals surface area contributed by atoms with Crippen LogP contribution >= 0.6 is 9.24 Å². The monoisotopic (exact) mass is 378 g/mol. The van der Waals surface area contributed by atoms with E-state index in [-0.39, 0.29) is 5.76 Å². The van der Waals surface area contributed by atoms with Crippen molar-refractivity contribution in [3.8, 4) is 28.4 Å². The molecule has 0 aromatic heterocycles. The minimum absolute atomic E-state index is 0.0254. The second kappa shape index (κ2) is 8.75. The molecule has 1 N–H and O–H groups in total. The van der Waals surface area contributed by atoms with E-state index in [1.807, 2.05) is 60.7 Å². The molecule has 3 nitrogen and oxygen atoms in total. The Morgan fingerprint density at radius 3 is 2.33 bits per heavy atom. The van der Waals surface area contributed by atoms with Gasteiger partial charge in [-0.3, -0.25) is 0 Å². The van der Waals surface area contributed by atoms with Crippen molar-refractivity contribution in [2.45, 2.75) is 13.3 Å². The fourth-order valence-electron chi connectivity index (χ4n) is 2.71. The SMILES string of the molecule is C=C(O)c1ccc(-c2ccc(OCCC)c(P)c2)cc1Oc1ccccc1. The fraction of sp³-hybridized carbons (Fsp3) is 0.130. The van der Waals surface area contributed by atoms with Gasteiger partial charge in [0.2, 0.25) is 0 Å². The van der Waals surface area contributed by atoms with E-state index < -0.39 is 0 Å². The van der Waals surface area contributed by atoms with Gasteiger partial charge >= 0.3 is 0 Å². The third-order valence-corrected chi connectivity index (χ3v) is 4.52. The molecule has 0 fully saturated rings. The van der Waals surface area contributed by atoms with Crippen LogP contribution in [-0.4, -0.2) is 11.7 Å². The molecular weight excluding hydrogens is 355 g/mol. The van der Waals surface area contributed by atoms with Gasteiger partial charge in [0.05, 0.1) is 12.2 Å². The van der Waals surface area contributed by atoms with Crippen molar-refractivity contribution in [1.29, 1.82) is 0 Å². The van der Waals surface area contributed by atoms with E-state index in [0.717, 1.165) is 28.6 Å². The Morgan fingerprint density at radius 2 is 1.67 bits per heavy atom. The Morgan fingerprint density at radius 1 is 0.963 bits per heavy atom. The van der Waals surface area contributed by atoms with Gasteiger partial charge in [-0.1, -0.05) is 43.8 Å². The first-order valence-electron chi connectivity index (χ1n) is 8.86. The molecule has 0 amide bonds. The first kappa shape index (κ1) is 19.0. The molecule has 0 spiro atoms. The number of hydrogen-bond donors (Lipinski definition) is 1. The van der Waals surface area contributed by atoms with Crippen LogP contribution in [0.4, 0.5) is 0 Å². The maximum absolute atomic E-state index is 9.91. The molecule has 3 rings (SSSR count). The normalized spacial score (nSPS) is 10.4. The van der Waals surface area contributed by atoms with Crippen molar-refractivity contribution < 1.29 is 14.6 Å². The van der Waals surface area contributed by atoms with Crippen LogP contribution in [0.2, 0.25) is 0 Å². The molecule has 3 aromatic carbocycles. The van der Waals surface area contributed by atoms with Gasteiger partial charge in [0.1, 0.15) is 23.0 Å².